The number of hydrogen-bond donors (Lipinski definition) is 7. The van der Waals surface area contributed by atoms with Gasteiger partial charge in [-0.15, -0.1) is 0 Å². The molecule has 17 atom stereocenters. The van der Waals surface area contributed by atoms with Crippen molar-refractivity contribution in [2.45, 2.75) is 297 Å². The molecule has 42 heteroatoms. The van der Waals surface area contributed by atoms with Crippen LogP contribution in [-0.4, -0.2) is 278 Å². The minimum absolute atomic E-state index is 0.0256. The fourth-order valence-corrected chi connectivity index (χ4v) is 17.8. The topological polar surface area (TPSA) is 482 Å². The van der Waals surface area contributed by atoms with E-state index < -0.39 is 179 Å². The molecular weight excluding hydrogens is 1870 g/mol. The van der Waals surface area contributed by atoms with Crippen LogP contribution in [-0.2, 0) is 164 Å². The maximum Gasteiger partial charge on any atom is 0.307 e. The van der Waals surface area contributed by atoms with Crippen LogP contribution >= 0.6 is 8.02 Å². The monoisotopic (exact) mass is 2010 g/mol. The molecule has 139 heavy (non-hydrogen) atoms. The third-order valence-electron chi connectivity index (χ3n) is 23.6. The highest BCUT2D eigenvalue weighted by Gasteiger charge is 2.51. The molecule has 0 aliphatic carbocycles. The van der Waals surface area contributed by atoms with Crippen LogP contribution in [0.4, 0.5) is 0 Å². The first-order valence-corrected chi connectivity index (χ1v) is 51.3. The number of unbranched alkanes of at least 4 members (excludes halogenated alkanes) is 9. The van der Waals surface area contributed by atoms with Crippen LogP contribution in [0.15, 0.2) is 78.9 Å². The Bertz CT molecular complexity index is 4440. The van der Waals surface area contributed by atoms with Crippen molar-refractivity contribution in [3.8, 4) is 11.5 Å². The summed E-state index contributed by atoms with van der Waals surface area (Å²) in [7, 11) is 4.82. The first-order valence-electron chi connectivity index (χ1n) is 47.6. The number of rotatable bonds is 62. The maximum absolute atomic E-state index is 16.0. The number of ether oxygens (including phenoxy) is 16. The molecule has 3 aliphatic heterocycles. The van der Waals surface area contributed by atoms with Gasteiger partial charge in [0.15, 0.2) is 18.9 Å². The van der Waals surface area contributed by atoms with Crippen molar-refractivity contribution in [2.75, 3.05) is 99.7 Å². The van der Waals surface area contributed by atoms with Crippen LogP contribution in [0.25, 0.3) is 0 Å². The first-order chi connectivity index (χ1) is 66.3. The number of nitrogens with one attached hydrogen (secondary N) is 6. The van der Waals surface area contributed by atoms with Crippen molar-refractivity contribution in [2.24, 2.45) is 17.8 Å². The van der Waals surface area contributed by atoms with Gasteiger partial charge in [0.1, 0.15) is 73.5 Å². The van der Waals surface area contributed by atoms with Gasteiger partial charge in [0.2, 0.25) is 47.5 Å². The Hall–Kier alpha value is -10.1. The third kappa shape index (κ3) is 41.9. The van der Waals surface area contributed by atoms with E-state index >= 15 is 4.79 Å². The summed E-state index contributed by atoms with van der Waals surface area (Å²) in [6.45, 7) is 16.5. The van der Waals surface area contributed by atoms with Gasteiger partial charge in [-0.25, -0.2) is 0 Å². The molecule has 3 heterocycles. The Morgan fingerprint density at radius 1 is 0.417 bits per heavy atom. The molecule has 776 valence electrons. The molecule has 3 aromatic carbocycles. The molecule has 6 rings (SSSR count). The van der Waals surface area contributed by atoms with E-state index in [9.17, 15) is 67.1 Å². The molecule has 0 radical (unpaired) electrons. The summed E-state index contributed by atoms with van der Waals surface area (Å²) in [6.07, 6.45) is -2.96. The molecule has 8 amide bonds. The molecular formula is C97H145N8O31PS2. The number of amides is 8. The van der Waals surface area contributed by atoms with Gasteiger partial charge >= 0.3 is 41.8 Å². The van der Waals surface area contributed by atoms with Gasteiger partial charge in [-0.05, 0) is 110 Å². The van der Waals surface area contributed by atoms with Crippen molar-refractivity contribution in [1.29, 1.82) is 0 Å². The number of carbonyl (C=O) groups excluding carboxylic acids is 15. The lowest BCUT2D eigenvalue weighted by Crippen LogP contribution is -2.62. The number of nitrogens with zero attached hydrogens (tertiary/aromatic N) is 2. The van der Waals surface area contributed by atoms with E-state index in [1.807, 2.05) is 54.6 Å². The summed E-state index contributed by atoms with van der Waals surface area (Å²) in [5, 5.41) is 14.5. The standard InChI is InChI=1S/C97H145N8O31PS2/c1-61-87(100-64(4)106)94(134-78(57-126-67(7)109)90(61)130-70(10)112)123-54-27-18-15-24-35-82(115)98-48-30-50-104(85(118)37-26-17-20-29-56-125-96-89(102-66(6)108)63(3)92(132-72(12)114)80(136-96)59-128-69(9)111)52-32-53-105(51-31-49-99-83(116)36-25-16-19-28-55-124-95-88(101-65(5)107)62(2)91(131-71(11)113)79(135-95)58-127-68(8)110)93(120)81(133-86(119)47-46-84(117)103-139(137)138)60-129-97(73-33-22-21-23-34-73,74-38-42-76(121-13)43-39-74)75-40-44-77(122-14)45-41-75/h21-23,33-34,38-45,61-63,78-81,87-92,94-96,137,139H,15-20,24-32,35-37,46-60H2,1-14H3,(H,98,115)(H,99,116)(H,100,106)(H,101,107)(H,102,108)(H,103,117,138)/t61-,62-,63-,78?,79?,80?,81?,87?,88?,89?,90-,91-,92-,94-,95-,96-/m1/s1. The van der Waals surface area contributed by atoms with E-state index in [4.69, 9.17) is 87.0 Å². The van der Waals surface area contributed by atoms with E-state index in [0.717, 1.165) is 0 Å². The summed E-state index contributed by atoms with van der Waals surface area (Å²) in [4.78, 5) is 198. The Labute approximate surface area is 822 Å². The van der Waals surface area contributed by atoms with E-state index in [1.54, 1.807) is 49.9 Å². The number of esters is 7. The summed E-state index contributed by atoms with van der Waals surface area (Å²) >= 11 is 5.19. The predicted octanol–water partition coefficient (Wildman–Crippen LogP) is 7.65. The van der Waals surface area contributed by atoms with Crippen molar-refractivity contribution >= 4 is 117 Å². The van der Waals surface area contributed by atoms with Crippen LogP contribution in [0.2, 0.25) is 0 Å². The van der Waals surface area contributed by atoms with Gasteiger partial charge in [-0.2, -0.15) is 0 Å². The highest BCUT2D eigenvalue weighted by atomic mass is 32.9. The van der Waals surface area contributed by atoms with E-state index in [0.29, 0.717) is 112 Å². The fourth-order valence-electron chi connectivity index (χ4n) is 16.8. The van der Waals surface area contributed by atoms with E-state index in [1.165, 1.54) is 81.4 Å². The van der Waals surface area contributed by atoms with Crippen LogP contribution < -0.4 is 40.8 Å². The molecule has 0 aromatic heterocycles. The van der Waals surface area contributed by atoms with Gasteiger partial charge in [0.25, 0.3) is 5.91 Å². The third-order valence-corrected chi connectivity index (χ3v) is 24.6. The van der Waals surface area contributed by atoms with Crippen LogP contribution in [0.3, 0.4) is 0 Å². The number of carbonyl (C=O) groups is 15. The normalized spacial score (nSPS) is 21.5. The summed E-state index contributed by atoms with van der Waals surface area (Å²) < 4.78 is 97.0. The van der Waals surface area contributed by atoms with Crippen LogP contribution in [0, 0.1) is 17.8 Å². The average molecular weight is 2010 g/mol. The molecule has 0 spiro atoms. The average Bonchev–Trinajstić information content (AvgIpc) is 0.750. The smallest absolute Gasteiger partial charge is 0.307 e. The predicted molar refractivity (Wildman–Crippen MR) is 513 cm³/mol. The Kier molecular flexibility index (Phi) is 53.3. The summed E-state index contributed by atoms with van der Waals surface area (Å²) in [6, 6.07) is 21.4. The summed E-state index contributed by atoms with van der Waals surface area (Å²) in [5.41, 5.74) is 0.256. The molecule has 39 nitrogen and oxygen atoms in total. The molecule has 3 saturated heterocycles. The number of thiol groups is 1. The second-order valence-corrected chi connectivity index (χ2v) is 38.9. The van der Waals surface area contributed by atoms with E-state index in [2.05, 4.69) is 39.3 Å². The second-order valence-electron chi connectivity index (χ2n) is 34.7. The lowest BCUT2D eigenvalue weighted by molar-refractivity contribution is -0.262. The van der Waals surface area contributed by atoms with Gasteiger partial charge in [0.05, 0.1) is 45.4 Å². The lowest BCUT2D eigenvalue weighted by Gasteiger charge is -2.44. The van der Waals surface area contributed by atoms with Crippen LogP contribution in [0.1, 0.15) is 228 Å². The highest BCUT2D eigenvalue weighted by Crippen LogP contribution is 2.43. The molecule has 3 aromatic rings. The van der Waals surface area contributed by atoms with Crippen molar-refractivity contribution in [3.05, 3.63) is 95.6 Å². The Morgan fingerprint density at radius 2 is 0.770 bits per heavy atom. The molecule has 3 fully saturated rings. The number of hydrogen-bond acceptors (Lipinski definition) is 32. The Balaban J connectivity index is 1.23. The minimum Gasteiger partial charge on any atom is -0.497 e. The van der Waals surface area contributed by atoms with Gasteiger partial charge in [-0.1, -0.05) is 131 Å². The maximum atomic E-state index is 16.0. The van der Waals surface area contributed by atoms with Gasteiger partial charge in [-0.3, -0.25) is 71.9 Å². The Morgan fingerprint density at radius 3 is 1.13 bits per heavy atom. The largest absolute Gasteiger partial charge is 0.497 e. The zero-order valence-electron chi connectivity index (χ0n) is 82.5. The molecule has 0 bridgehead atoms. The number of benzene rings is 3. The number of methoxy groups -OCH3 is 2. The van der Waals surface area contributed by atoms with Crippen molar-refractivity contribution in [1.82, 2.24) is 41.1 Å². The first kappa shape index (κ1) is 118. The zero-order chi connectivity index (χ0) is 102. The van der Waals surface area contributed by atoms with Crippen LogP contribution in [0.5, 0.6) is 11.5 Å². The highest BCUT2D eigenvalue weighted by molar-refractivity contribution is 8.38. The SMILES string of the molecule is COc1ccc(C(OCC(OC(=O)CCC(=O)N[SH](=P)=S)C(=O)N(CCCNC(=O)CCCCCCO[C@@H]2OC(COC(C)=O)[C@H](OC(C)=O)[C@H](C)C2NC(C)=O)CCCN(CCCNC(=O)CCCCCCO[C@@H]2OC(COC(C)=O)[C@H](OC(C)=O)[C@H](C)C2NC(C)=O)C(=O)CCCCCCO[C@@H]2OC(COC(C)=O)[C@H](OC(C)=O)[C@H](C)C2NC(C)=O)(c2ccccc2)c2ccc(OC)cc2)cc1. The molecule has 3 aliphatic rings. The van der Waals surface area contributed by atoms with Crippen molar-refractivity contribution in [3.63, 3.8) is 0 Å². The zero-order valence-corrected chi connectivity index (χ0v) is 85.2. The minimum atomic E-state index is -1.71. The molecule has 8 unspecified atom stereocenters. The van der Waals surface area contributed by atoms with E-state index in [-0.39, 0.29) is 153 Å². The van der Waals surface area contributed by atoms with Gasteiger partial charge < -0.3 is 117 Å². The molecule has 6 N–H and O–H groups in total. The quantitative estimate of drug-likeness (QED) is 0.00712. The second kappa shape index (κ2) is 62.9. The van der Waals surface area contributed by atoms with Crippen molar-refractivity contribution < 1.29 is 148 Å². The molecule has 0 saturated carbocycles. The van der Waals surface area contributed by atoms with Gasteiger partial charge in [0, 0.05) is 165 Å². The fraction of sp³-hybridized carbons (Fsp3) is 0.660. The lowest BCUT2D eigenvalue weighted by atomic mass is 9.80. The summed E-state index contributed by atoms with van der Waals surface area (Å²) in [5.74, 6) is -7.92.